The third kappa shape index (κ3) is 4.08. The number of hydrogen-bond acceptors (Lipinski definition) is 6. The van der Waals surface area contributed by atoms with Crippen LogP contribution in [0.1, 0.15) is 17.4 Å². The van der Waals surface area contributed by atoms with Gasteiger partial charge in [-0.15, -0.1) is 0 Å². The molecule has 0 spiro atoms. The molecule has 0 saturated carbocycles. The van der Waals surface area contributed by atoms with Crippen LogP contribution in [0.25, 0.3) is 0 Å². The number of piperazine rings is 1. The Morgan fingerprint density at radius 1 is 1.19 bits per heavy atom. The van der Waals surface area contributed by atoms with E-state index in [0.29, 0.717) is 38.6 Å². The molecule has 0 aliphatic carbocycles. The number of ether oxygens (including phenoxy) is 1. The molecule has 1 saturated heterocycles. The number of nitrogens with one attached hydrogen (secondary N) is 1. The van der Waals surface area contributed by atoms with Gasteiger partial charge in [-0.25, -0.2) is 9.97 Å². The van der Waals surface area contributed by atoms with Crippen molar-refractivity contribution in [3.63, 3.8) is 0 Å². The molecule has 1 fully saturated rings. The fraction of sp³-hybridized carbons (Fsp3) is 0.333. The number of amides is 2. The summed E-state index contributed by atoms with van der Waals surface area (Å²) in [5.74, 6) is 1.08. The van der Waals surface area contributed by atoms with Gasteiger partial charge in [0.25, 0.3) is 5.91 Å². The van der Waals surface area contributed by atoms with E-state index in [0.717, 1.165) is 17.8 Å². The lowest BCUT2D eigenvalue weighted by Crippen LogP contribution is -2.48. The van der Waals surface area contributed by atoms with Crippen molar-refractivity contribution in [1.29, 1.82) is 0 Å². The maximum Gasteiger partial charge on any atom is 0.274 e. The van der Waals surface area contributed by atoms with E-state index in [1.54, 1.807) is 9.80 Å². The highest BCUT2D eigenvalue weighted by Crippen LogP contribution is 2.26. The number of nitrogens with zero attached hydrogens (tertiary/aromatic N) is 4. The Balaban J connectivity index is 1.65. The van der Waals surface area contributed by atoms with E-state index in [9.17, 15) is 9.59 Å². The molecule has 0 unspecified atom stereocenters. The Kier molecular flexibility index (Phi) is 5.62. The number of para-hydroxylation sites is 2. The summed E-state index contributed by atoms with van der Waals surface area (Å²) in [6.45, 7) is 4.57. The molecule has 2 amide bonds. The van der Waals surface area contributed by atoms with Crippen molar-refractivity contribution < 1.29 is 14.3 Å². The summed E-state index contributed by atoms with van der Waals surface area (Å²) in [4.78, 5) is 35.1. The van der Waals surface area contributed by atoms with E-state index in [2.05, 4.69) is 15.3 Å². The van der Waals surface area contributed by atoms with Crippen LogP contribution < -0.4 is 10.1 Å². The fourth-order valence-electron chi connectivity index (χ4n) is 2.68. The van der Waals surface area contributed by atoms with Gasteiger partial charge in [-0.05, 0) is 19.1 Å². The predicted octanol–water partition coefficient (Wildman–Crippen LogP) is 1.53. The molecular formula is C18H21N5O3. The van der Waals surface area contributed by atoms with Crippen molar-refractivity contribution in [3.8, 4) is 5.75 Å². The first kappa shape index (κ1) is 17.7. The molecule has 1 aromatic heterocycles. The third-order valence-electron chi connectivity index (χ3n) is 4.07. The molecule has 26 heavy (non-hydrogen) atoms. The van der Waals surface area contributed by atoms with Crippen molar-refractivity contribution in [1.82, 2.24) is 19.8 Å². The highest BCUT2D eigenvalue weighted by Gasteiger charge is 2.22. The van der Waals surface area contributed by atoms with Crippen LogP contribution in [0.15, 0.2) is 36.7 Å². The van der Waals surface area contributed by atoms with E-state index in [-0.39, 0.29) is 11.6 Å². The van der Waals surface area contributed by atoms with E-state index in [1.165, 1.54) is 12.4 Å². The number of rotatable bonds is 6. The number of benzene rings is 1. The first-order valence-corrected chi connectivity index (χ1v) is 8.50. The smallest absolute Gasteiger partial charge is 0.274 e. The Bertz CT molecular complexity index is 758. The molecule has 2 aromatic rings. The van der Waals surface area contributed by atoms with Gasteiger partial charge in [0.05, 0.1) is 24.7 Å². The standard InChI is InChI=1S/C18H21N5O3/c1-2-26-16-6-4-3-5-14(16)21-17-12-19-15(11-20-17)18(25)23-9-7-22(13-24)8-10-23/h3-6,11-13H,2,7-10H2,1H3,(H,20,21). The van der Waals surface area contributed by atoms with Gasteiger partial charge in [0.2, 0.25) is 6.41 Å². The zero-order chi connectivity index (χ0) is 18.4. The van der Waals surface area contributed by atoms with Gasteiger partial charge in [0.15, 0.2) is 0 Å². The molecule has 136 valence electrons. The maximum atomic E-state index is 12.5. The second kappa shape index (κ2) is 8.28. The van der Waals surface area contributed by atoms with Crippen LogP contribution in [0.2, 0.25) is 0 Å². The number of hydrogen-bond donors (Lipinski definition) is 1. The second-order valence-corrected chi connectivity index (χ2v) is 5.77. The van der Waals surface area contributed by atoms with E-state index < -0.39 is 0 Å². The summed E-state index contributed by atoms with van der Waals surface area (Å²) in [7, 11) is 0. The van der Waals surface area contributed by atoms with Gasteiger partial charge in [0, 0.05) is 26.2 Å². The van der Waals surface area contributed by atoms with Gasteiger partial charge in [-0.2, -0.15) is 0 Å². The van der Waals surface area contributed by atoms with Gasteiger partial charge >= 0.3 is 0 Å². The second-order valence-electron chi connectivity index (χ2n) is 5.77. The van der Waals surface area contributed by atoms with Crippen LogP contribution in [0, 0.1) is 0 Å². The predicted molar refractivity (Wildman–Crippen MR) is 96.5 cm³/mol. The van der Waals surface area contributed by atoms with Gasteiger partial charge in [-0.3, -0.25) is 9.59 Å². The summed E-state index contributed by atoms with van der Waals surface area (Å²) in [6, 6.07) is 7.55. The van der Waals surface area contributed by atoms with E-state index >= 15 is 0 Å². The van der Waals surface area contributed by atoms with Crippen LogP contribution in [-0.2, 0) is 4.79 Å². The quantitative estimate of drug-likeness (QED) is 0.791. The lowest BCUT2D eigenvalue weighted by molar-refractivity contribution is -0.119. The van der Waals surface area contributed by atoms with Crippen molar-refractivity contribution in [2.24, 2.45) is 0 Å². The molecule has 0 atom stereocenters. The SMILES string of the molecule is CCOc1ccccc1Nc1cnc(C(=O)N2CCN(C=O)CC2)cn1. The average molecular weight is 355 g/mol. The van der Waals surface area contributed by atoms with Crippen LogP contribution in [0.5, 0.6) is 5.75 Å². The Morgan fingerprint density at radius 2 is 1.96 bits per heavy atom. The van der Waals surface area contributed by atoms with Gasteiger partial charge in [-0.1, -0.05) is 12.1 Å². The zero-order valence-corrected chi connectivity index (χ0v) is 14.6. The molecule has 0 radical (unpaired) electrons. The molecular weight excluding hydrogens is 334 g/mol. The van der Waals surface area contributed by atoms with Crippen LogP contribution in [0.3, 0.4) is 0 Å². The molecule has 0 bridgehead atoms. The summed E-state index contributed by atoms with van der Waals surface area (Å²) in [5.41, 5.74) is 1.07. The van der Waals surface area contributed by atoms with E-state index in [4.69, 9.17) is 4.74 Å². The number of aromatic nitrogens is 2. The topological polar surface area (TPSA) is 87.7 Å². The lowest BCUT2D eigenvalue weighted by Gasteiger charge is -2.32. The Hall–Kier alpha value is -3.16. The molecule has 1 aromatic carbocycles. The largest absolute Gasteiger partial charge is 0.492 e. The minimum absolute atomic E-state index is 0.177. The van der Waals surface area contributed by atoms with Crippen molar-refractivity contribution >= 4 is 23.8 Å². The molecule has 8 nitrogen and oxygen atoms in total. The number of carbonyl (C=O) groups excluding carboxylic acids is 2. The first-order chi connectivity index (χ1) is 12.7. The molecule has 2 heterocycles. The van der Waals surface area contributed by atoms with Gasteiger partial charge < -0.3 is 19.9 Å². The third-order valence-corrected chi connectivity index (χ3v) is 4.07. The van der Waals surface area contributed by atoms with Crippen LogP contribution in [0.4, 0.5) is 11.5 Å². The molecule has 3 rings (SSSR count). The maximum absolute atomic E-state index is 12.5. The fourth-order valence-corrected chi connectivity index (χ4v) is 2.68. The van der Waals surface area contributed by atoms with Crippen molar-refractivity contribution in [3.05, 3.63) is 42.4 Å². The highest BCUT2D eigenvalue weighted by atomic mass is 16.5. The minimum Gasteiger partial charge on any atom is -0.492 e. The molecule has 8 heteroatoms. The molecule has 1 N–H and O–H groups in total. The van der Waals surface area contributed by atoms with Crippen LogP contribution >= 0.6 is 0 Å². The Morgan fingerprint density at radius 3 is 2.62 bits per heavy atom. The van der Waals surface area contributed by atoms with Gasteiger partial charge in [0.1, 0.15) is 17.3 Å². The summed E-state index contributed by atoms with van der Waals surface area (Å²) < 4.78 is 5.57. The van der Waals surface area contributed by atoms with Crippen LogP contribution in [-0.4, -0.2) is 64.9 Å². The number of carbonyl (C=O) groups is 2. The van der Waals surface area contributed by atoms with E-state index in [1.807, 2.05) is 31.2 Å². The molecule has 1 aliphatic heterocycles. The summed E-state index contributed by atoms with van der Waals surface area (Å²) >= 11 is 0. The monoisotopic (exact) mass is 355 g/mol. The average Bonchev–Trinajstić information content (AvgIpc) is 2.70. The molecule has 1 aliphatic rings. The van der Waals surface area contributed by atoms with Crippen molar-refractivity contribution in [2.75, 3.05) is 38.1 Å². The number of anilines is 2. The minimum atomic E-state index is -0.177. The Labute approximate surface area is 151 Å². The first-order valence-electron chi connectivity index (χ1n) is 8.50. The zero-order valence-electron chi connectivity index (χ0n) is 14.6. The lowest BCUT2D eigenvalue weighted by atomic mass is 10.3. The highest BCUT2D eigenvalue weighted by molar-refractivity contribution is 5.92. The summed E-state index contributed by atoms with van der Waals surface area (Å²) in [5, 5.41) is 3.15. The van der Waals surface area contributed by atoms with Crippen molar-refractivity contribution in [2.45, 2.75) is 6.92 Å². The summed E-state index contributed by atoms with van der Waals surface area (Å²) in [6.07, 6.45) is 3.79. The normalized spacial score (nSPS) is 14.0.